The fourth-order valence-electron chi connectivity index (χ4n) is 7.95. The molecule has 0 bridgehead atoms. The first-order valence-corrected chi connectivity index (χ1v) is 24.4. The molecule has 9 rings (SSSR count). The first-order chi connectivity index (χ1) is 27.2. The van der Waals surface area contributed by atoms with Crippen LogP contribution < -0.4 is 0 Å². The van der Waals surface area contributed by atoms with Gasteiger partial charge in [-0.2, -0.15) is 0 Å². The van der Waals surface area contributed by atoms with Crippen LogP contribution in [0.25, 0.3) is 36.3 Å². The molecule has 0 nitrogen and oxygen atoms in total. The highest BCUT2D eigenvalue weighted by atomic mass is 32.2. The maximum Gasteiger partial charge on any atom is 0.161 e. The lowest BCUT2D eigenvalue weighted by Crippen LogP contribution is -2.24. The lowest BCUT2D eigenvalue weighted by Gasteiger charge is -2.25. The van der Waals surface area contributed by atoms with Gasteiger partial charge in [0.25, 0.3) is 0 Å². The van der Waals surface area contributed by atoms with E-state index in [1.807, 2.05) is 57.5 Å². The van der Waals surface area contributed by atoms with E-state index in [-0.39, 0.29) is 10.9 Å². The number of benzene rings is 5. The van der Waals surface area contributed by atoms with E-state index in [1.54, 1.807) is 0 Å². The zero-order valence-corrected chi connectivity index (χ0v) is 37.3. The first kappa shape index (κ1) is 37.8. The van der Waals surface area contributed by atoms with Gasteiger partial charge in [0.15, 0.2) is 15.0 Å². The van der Waals surface area contributed by atoms with E-state index >= 15 is 0 Å². The van der Waals surface area contributed by atoms with Crippen molar-refractivity contribution in [3.63, 3.8) is 0 Å². The molecule has 278 valence electrons. The van der Waals surface area contributed by atoms with Crippen molar-refractivity contribution in [2.75, 3.05) is 0 Å². The molecule has 3 aromatic heterocycles. The van der Waals surface area contributed by atoms with Gasteiger partial charge in [0, 0.05) is 35.2 Å². The molecule has 6 heteroatoms. The largest absolute Gasteiger partial charge is 0.161 e. The van der Waals surface area contributed by atoms with Crippen LogP contribution >= 0.6 is 57.5 Å². The van der Waals surface area contributed by atoms with Crippen molar-refractivity contribution in [3.8, 4) is 0 Å². The molecule has 0 fully saturated rings. The molecule has 1 aliphatic carbocycles. The van der Waals surface area contributed by atoms with Gasteiger partial charge < -0.3 is 0 Å². The highest BCUT2D eigenvalue weighted by Crippen LogP contribution is 2.45. The number of thiophene rings is 3. The van der Waals surface area contributed by atoms with Crippen molar-refractivity contribution in [1.82, 2.24) is 0 Å². The lowest BCUT2D eigenvalue weighted by molar-refractivity contribution is 0.931. The Morgan fingerprint density at radius 1 is 0.536 bits per heavy atom. The van der Waals surface area contributed by atoms with E-state index in [0.29, 0.717) is 5.25 Å². The van der Waals surface area contributed by atoms with E-state index in [4.69, 9.17) is 0 Å². The van der Waals surface area contributed by atoms with Crippen LogP contribution in [0.15, 0.2) is 172 Å². The molecule has 0 saturated carbocycles. The van der Waals surface area contributed by atoms with Gasteiger partial charge in [-0.15, -0.1) is 34.0 Å². The second-order valence-electron chi connectivity index (χ2n) is 14.8. The van der Waals surface area contributed by atoms with Gasteiger partial charge in [-0.05, 0) is 164 Å². The Morgan fingerprint density at radius 2 is 0.982 bits per heavy atom. The average molecular weight is 836 g/mol. The number of hydrogen-bond acceptors (Lipinski definition) is 5. The number of allylic oxidation sites excluding steroid dienone is 4. The summed E-state index contributed by atoms with van der Waals surface area (Å²) in [4.78, 5) is 6.95. The summed E-state index contributed by atoms with van der Waals surface area (Å²) in [6, 6.07) is 43.2. The van der Waals surface area contributed by atoms with Gasteiger partial charge in [0.05, 0.1) is 19.3 Å². The molecular weight excluding hydrogens is 793 g/mol. The van der Waals surface area contributed by atoms with Crippen LogP contribution in [0.2, 0.25) is 0 Å². The van der Waals surface area contributed by atoms with E-state index < -0.39 is 0 Å². The van der Waals surface area contributed by atoms with Crippen LogP contribution in [0.4, 0.5) is 0 Å². The zero-order chi connectivity index (χ0) is 38.5. The second kappa shape index (κ2) is 15.9. The zero-order valence-electron chi connectivity index (χ0n) is 32.4. The Hall–Kier alpha value is -3.75. The minimum absolute atomic E-state index is 0.166. The van der Waals surface area contributed by atoms with Crippen LogP contribution in [-0.4, -0.2) is 5.25 Å². The first-order valence-electron chi connectivity index (χ1n) is 19.0. The molecule has 5 aromatic carbocycles. The average Bonchev–Trinajstić information content (AvgIpc) is 3.90. The van der Waals surface area contributed by atoms with Crippen molar-refractivity contribution < 1.29 is 0 Å². The van der Waals surface area contributed by atoms with E-state index in [9.17, 15) is 0 Å². The third kappa shape index (κ3) is 7.65. The highest BCUT2D eigenvalue weighted by molar-refractivity contribution is 8.01. The van der Waals surface area contributed by atoms with Crippen molar-refractivity contribution in [2.45, 2.75) is 81.2 Å². The minimum atomic E-state index is -0.166. The third-order valence-corrected chi connectivity index (χ3v) is 19.2. The van der Waals surface area contributed by atoms with Crippen molar-refractivity contribution in [1.29, 1.82) is 0 Å². The van der Waals surface area contributed by atoms with Crippen LogP contribution in [0.5, 0.6) is 0 Å². The molecule has 0 spiro atoms. The van der Waals surface area contributed by atoms with Gasteiger partial charge in [-0.3, -0.25) is 0 Å². The molecule has 0 saturated heterocycles. The summed E-state index contributed by atoms with van der Waals surface area (Å²) >= 11 is 9.51. The molecule has 0 amide bonds. The van der Waals surface area contributed by atoms with Crippen molar-refractivity contribution >= 4 is 105 Å². The van der Waals surface area contributed by atoms with Crippen LogP contribution in [0, 0.1) is 27.7 Å². The van der Waals surface area contributed by atoms with E-state index in [1.165, 1.54) is 102 Å². The van der Waals surface area contributed by atoms with Gasteiger partial charge in [-0.1, -0.05) is 89.8 Å². The van der Waals surface area contributed by atoms with Gasteiger partial charge in [-0.25, -0.2) is 0 Å². The summed E-state index contributed by atoms with van der Waals surface area (Å²) in [6.45, 7) is 14.0. The smallest absolute Gasteiger partial charge is 0.136 e. The van der Waals surface area contributed by atoms with Gasteiger partial charge in [0.1, 0.15) is 0 Å². The maximum absolute atomic E-state index is 2.59. The Balaban J connectivity index is 1.08. The molecule has 1 unspecified atom stereocenters. The normalized spacial score (nSPS) is 15.0. The van der Waals surface area contributed by atoms with Crippen molar-refractivity contribution in [2.24, 2.45) is 0 Å². The van der Waals surface area contributed by atoms with Gasteiger partial charge >= 0.3 is 0 Å². The monoisotopic (exact) mass is 835 g/mol. The number of rotatable bonds is 9. The standard InChI is InChI=1S/C50H43S6/c1-30-21-40(22-31(2)43(30)20-19-39-27-36-13-7-10-16-44(36)51-39)56(41-23-32(3)49(33(4)24-41)54-47-28-37-14-8-11-17-45(37)52-47)42-25-34(5)50(35(6)26-42)55-48-29-38-15-9-12-18-46(38)53-48/h7-21,23-29,40H,22H2,1-6H3/q+1/b20-19-. The maximum atomic E-state index is 2.59. The van der Waals surface area contributed by atoms with Crippen LogP contribution in [0.3, 0.4) is 0 Å². The summed E-state index contributed by atoms with van der Waals surface area (Å²) < 4.78 is 6.75. The fraction of sp³-hybridized carbons (Fsp3) is 0.160. The quantitative estimate of drug-likeness (QED) is 0.133. The van der Waals surface area contributed by atoms with Gasteiger partial charge in [0.2, 0.25) is 0 Å². The topological polar surface area (TPSA) is 0 Å². The second-order valence-corrected chi connectivity index (χ2v) is 23.0. The summed E-state index contributed by atoms with van der Waals surface area (Å²) in [5.41, 5.74) is 9.68. The molecule has 0 N–H and O–H groups in total. The van der Waals surface area contributed by atoms with Crippen molar-refractivity contribution in [3.05, 3.63) is 171 Å². The summed E-state index contributed by atoms with van der Waals surface area (Å²) in [6.07, 6.45) is 8.32. The molecule has 1 atom stereocenters. The SMILES string of the molecule is CC1=CC([S+](c2cc(C)c(Sc3cc4ccccc4s3)c(C)c2)c2cc(C)c(Sc3cc4ccccc4s3)c(C)c2)CC(C)=C1/C=C\c1cc2ccccc2s1. The molecule has 8 aromatic rings. The Morgan fingerprint density at radius 3 is 1.43 bits per heavy atom. The molecular formula is C50H43S6+. The fourth-order valence-corrected chi connectivity index (χ4v) is 16.5. The summed E-state index contributed by atoms with van der Waals surface area (Å²) in [5, 5.41) is 4.35. The number of aryl methyl sites for hydroxylation is 4. The predicted molar refractivity (Wildman–Crippen MR) is 253 cm³/mol. The summed E-state index contributed by atoms with van der Waals surface area (Å²) in [5.74, 6) is 0. The highest BCUT2D eigenvalue weighted by Gasteiger charge is 2.38. The van der Waals surface area contributed by atoms with E-state index in [2.05, 4.69) is 175 Å². The Bertz CT molecular complexity index is 2600. The van der Waals surface area contributed by atoms with E-state index in [0.717, 1.165) is 6.42 Å². The molecule has 0 radical (unpaired) electrons. The lowest BCUT2D eigenvalue weighted by atomic mass is 9.92. The molecule has 56 heavy (non-hydrogen) atoms. The predicted octanol–water partition coefficient (Wildman–Crippen LogP) is 16.7. The Labute approximate surface area is 354 Å². The Kier molecular flexibility index (Phi) is 10.7. The number of hydrogen-bond donors (Lipinski definition) is 0. The number of fused-ring (bicyclic) bond motifs is 3. The van der Waals surface area contributed by atoms with Crippen LogP contribution in [0.1, 0.15) is 47.4 Å². The van der Waals surface area contributed by atoms with Crippen LogP contribution in [-0.2, 0) is 10.9 Å². The molecule has 0 aliphatic heterocycles. The molecule has 3 heterocycles. The minimum Gasteiger partial charge on any atom is -0.136 e. The third-order valence-electron chi connectivity index (χ3n) is 10.6. The summed E-state index contributed by atoms with van der Waals surface area (Å²) in [7, 11) is -0.166. The molecule has 1 aliphatic rings.